The lowest BCUT2D eigenvalue weighted by Crippen LogP contribution is -2.31. The zero-order valence-corrected chi connectivity index (χ0v) is 15.0. The van der Waals surface area contributed by atoms with Gasteiger partial charge in [0.2, 0.25) is 5.75 Å². The zero-order valence-electron chi connectivity index (χ0n) is 15.0. The summed E-state index contributed by atoms with van der Waals surface area (Å²) < 4.78 is 20.7. The first kappa shape index (κ1) is 20.9. The van der Waals surface area contributed by atoms with Crippen LogP contribution in [0.25, 0.3) is 0 Å². The van der Waals surface area contributed by atoms with E-state index in [2.05, 4.69) is 10.6 Å². The summed E-state index contributed by atoms with van der Waals surface area (Å²) >= 11 is 0. The SMILES string of the molecule is CCOC(=O)c1c(NC(=O)NCCC(=O)O)cc(OC)c(OC)c1OC. The number of urea groups is 1. The molecule has 0 aliphatic carbocycles. The summed E-state index contributed by atoms with van der Waals surface area (Å²) in [6, 6.07) is 0.677. The fourth-order valence-electron chi connectivity index (χ4n) is 2.11. The maximum atomic E-state index is 12.3. The molecule has 144 valence electrons. The fourth-order valence-corrected chi connectivity index (χ4v) is 2.11. The van der Waals surface area contributed by atoms with E-state index in [-0.39, 0.29) is 48.1 Å². The number of carbonyl (C=O) groups is 3. The molecule has 0 unspecified atom stereocenters. The number of hydrogen-bond acceptors (Lipinski definition) is 7. The maximum Gasteiger partial charge on any atom is 0.344 e. The normalized spacial score (nSPS) is 9.85. The monoisotopic (exact) mass is 370 g/mol. The third-order valence-corrected chi connectivity index (χ3v) is 3.18. The number of methoxy groups -OCH3 is 3. The number of carboxylic acids is 1. The van der Waals surface area contributed by atoms with E-state index >= 15 is 0 Å². The van der Waals surface area contributed by atoms with E-state index in [1.807, 2.05) is 0 Å². The Morgan fingerprint density at radius 2 is 1.73 bits per heavy atom. The number of anilines is 1. The van der Waals surface area contributed by atoms with Gasteiger partial charge >= 0.3 is 18.0 Å². The summed E-state index contributed by atoms with van der Waals surface area (Å²) in [6.07, 6.45) is -0.243. The molecule has 0 fully saturated rings. The highest BCUT2D eigenvalue weighted by Crippen LogP contribution is 2.44. The Morgan fingerprint density at radius 1 is 1.08 bits per heavy atom. The van der Waals surface area contributed by atoms with E-state index in [0.717, 1.165) is 0 Å². The van der Waals surface area contributed by atoms with Crippen molar-refractivity contribution in [3.05, 3.63) is 11.6 Å². The Balaban J connectivity index is 3.28. The van der Waals surface area contributed by atoms with Crippen molar-refractivity contribution in [2.45, 2.75) is 13.3 Å². The molecule has 0 radical (unpaired) electrons. The summed E-state index contributed by atoms with van der Waals surface area (Å²) in [7, 11) is 4.09. The number of carbonyl (C=O) groups excluding carboxylic acids is 2. The number of amides is 2. The maximum absolute atomic E-state index is 12.3. The molecule has 1 aromatic rings. The molecule has 0 aliphatic rings. The lowest BCUT2D eigenvalue weighted by molar-refractivity contribution is -0.136. The van der Waals surface area contributed by atoms with Crippen LogP contribution in [0.4, 0.5) is 10.5 Å². The molecule has 2 amide bonds. The quantitative estimate of drug-likeness (QED) is 0.557. The lowest BCUT2D eigenvalue weighted by Gasteiger charge is -2.19. The minimum absolute atomic E-state index is 0.0335. The van der Waals surface area contributed by atoms with E-state index in [9.17, 15) is 14.4 Å². The molecule has 0 saturated heterocycles. The molecule has 1 aromatic carbocycles. The van der Waals surface area contributed by atoms with Gasteiger partial charge in [0, 0.05) is 12.6 Å². The van der Waals surface area contributed by atoms with E-state index in [1.165, 1.54) is 27.4 Å². The third kappa shape index (κ3) is 5.16. The second-order valence-electron chi connectivity index (χ2n) is 4.81. The van der Waals surface area contributed by atoms with Crippen molar-refractivity contribution in [1.82, 2.24) is 5.32 Å². The molecule has 0 heterocycles. The minimum atomic E-state index is -1.05. The summed E-state index contributed by atoms with van der Waals surface area (Å²) in [4.78, 5) is 34.9. The molecule has 0 atom stereocenters. The molecule has 0 saturated carbocycles. The Bertz CT molecular complexity index is 675. The first-order valence-electron chi connectivity index (χ1n) is 7.66. The third-order valence-electron chi connectivity index (χ3n) is 3.18. The van der Waals surface area contributed by atoms with E-state index in [0.29, 0.717) is 0 Å². The van der Waals surface area contributed by atoms with Crippen molar-refractivity contribution in [3.63, 3.8) is 0 Å². The molecule has 0 spiro atoms. The van der Waals surface area contributed by atoms with Crippen molar-refractivity contribution < 1.29 is 38.4 Å². The van der Waals surface area contributed by atoms with Crippen LogP contribution in [0.5, 0.6) is 17.2 Å². The van der Waals surface area contributed by atoms with Gasteiger partial charge in [-0.05, 0) is 6.92 Å². The van der Waals surface area contributed by atoms with Crippen LogP contribution < -0.4 is 24.8 Å². The van der Waals surface area contributed by atoms with E-state index < -0.39 is 18.0 Å². The van der Waals surface area contributed by atoms with Gasteiger partial charge < -0.3 is 34.7 Å². The van der Waals surface area contributed by atoms with Crippen LogP contribution in [-0.4, -0.2) is 57.6 Å². The molecule has 26 heavy (non-hydrogen) atoms. The predicted octanol–water partition coefficient (Wildman–Crippen LogP) is 1.49. The van der Waals surface area contributed by atoms with Crippen molar-refractivity contribution >= 4 is 23.7 Å². The largest absolute Gasteiger partial charge is 0.493 e. The van der Waals surface area contributed by atoms with Crippen LogP contribution in [0.3, 0.4) is 0 Å². The highest BCUT2D eigenvalue weighted by Gasteiger charge is 2.27. The molecule has 0 aromatic heterocycles. The summed E-state index contributed by atoms with van der Waals surface area (Å²) in [5.74, 6) is -1.37. The van der Waals surface area contributed by atoms with Crippen molar-refractivity contribution in [1.29, 1.82) is 0 Å². The van der Waals surface area contributed by atoms with Gasteiger partial charge in [0.25, 0.3) is 0 Å². The fraction of sp³-hybridized carbons (Fsp3) is 0.438. The first-order valence-corrected chi connectivity index (χ1v) is 7.66. The van der Waals surface area contributed by atoms with Gasteiger partial charge in [-0.2, -0.15) is 0 Å². The second kappa shape index (κ2) is 9.97. The van der Waals surface area contributed by atoms with Gasteiger partial charge in [0.1, 0.15) is 5.56 Å². The van der Waals surface area contributed by atoms with E-state index in [4.69, 9.17) is 24.1 Å². The second-order valence-corrected chi connectivity index (χ2v) is 4.81. The Morgan fingerprint density at radius 3 is 2.23 bits per heavy atom. The number of ether oxygens (including phenoxy) is 4. The smallest absolute Gasteiger partial charge is 0.344 e. The van der Waals surface area contributed by atoms with Crippen LogP contribution in [0.15, 0.2) is 6.07 Å². The highest BCUT2D eigenvalue weighted by atomic mass is 16.5. The topological polar surface area (TPSA) is 132 Å². The molecule has 3 N–H and O–H groups in total. The number of aliphatic carboxylic acids is 1. The molecule has 10 heteroatoms. The van der Waals surface area contributed by atoms with Gasteiger partial charge in [-0.15, -0.1) is 0 Å². The lowest BCUT2D eigenvalue weighted by atomic mass is 10.1. The molecule has 1 rings (SSSR count). The van der Waals surface area contributed by atoms with Gasteiger partial charge in [0.15, 0.2) is 11.5 Å². The number of rotatable bonds is 9. The molecule has 10 nitrogen and oxygen atoms in total. The average Bonchev–Trinajstić information content (AvgIpc) is 2.60. The van der Waals surface area contributed by atoms with Crippen LogP contribution in [-0.2, 0) is 9.53 Å². The first-order chi connectivity index (χ1) is 12.4. The molecular weight excluding hydrogens is 348 g/mol. The number of hydrogen-bond donors (Lipinski definition) is 3. The zero-order chi connectivity index (χ0) is 19.7. The molecule has 0 bridgehead atoms. The van der Waals surface area contributed by atoms with Gasteiger partial charge in [-0.3, -0.25) is 4.79 Å². The number of carboxylic acid groups (broad SMARTS) is 1. The minimum Gasteiger partial charge on any atom is -0.493 e. The summed E-state index contributed by atoms with van der Waals surface area (Å²) in [5, 5.41) is 13.4. The standard InChI is InChI=1S/C16H22N2O8/c1-5-26-15(21)12-9(18-16(22)17-7-6-11(19)20)8-10(23-2)13(24-3)14(12)25-4/h8H,5-7H2,1-4H3,(H,19,20)(H2,17,18,22). The summed E-state index contributed by atoms with van der Waals surface area (Å²) in [5.41, 5.74) is 0.00570. The average molecular weight is 370 g/mol. The van der Waals surface area contributed by atoms with Crippen LogP contribution in [0.1, 0.15) is 23.7 Å². The van der Waals surface area contributed by atoms with Gasteiger partial charge in [-0.1, -0.05) is 0 Å². The molecular formula is C16H22N2O8. The Hall–Kier alpha value is -3.17. The van der Waals surface area contributed by atoms with Crippen molar-refractivity contribution in [3.8, 4) is 17.2 Å². The van der Waals surface area contributed by atoms with Crippen molar-refractivity contribution in [2.75, 3.05) is 39.8 Å². The van der Waals surface area contributed by atoms with Gasteiger partial charge in [-0.25, -0.2) is 9.59 Å². The number of benzene rings is 1. The van der Waals surface area contributed by atoms with Crippen molar-refractivity contribution in [2.24, 2.45) is 0 Å². The van der Waals surface area contributed by atoms with Gasteiger partial charge in [0.05, 0.1) is 40.0 Å². The number of nitrogens with one attached hydrogen (secondary N) is 2. The Kier molecular flexibility index (Phi) is 8.00. The van der Waals surface area contributed by atoms with Crippen LogP contribution in [0.2, 0.25) is 0 Å². The highest BCUT2D eigenvalue weighted by molar-refractivity contribution is 6.04. The van der Waals surface area contributed by atoms with Crippen LogP contribution in [0, 0.1) is 0 Å². The number of esters is 1. The van der Waals surface area contributed by atoms with E-state index in [1.54, 1.807) is 6.92 Å². The Labute approximate surface area is 150 Å². The predicted molar refractivity (Wildman–Crippen MR) is 91.3 cm³/mol. The molecule has 0 aliphatic heterocycles. The van der Waals surface area contributed by atoms with Crippen LogP contribution >= 0.6 is 0 Å². The summed E-state index contributed by atoms with van der Waals surface area (Å²) in [6.45, 7) is 1.66.